The van der Waals surface area contributed by atoms with Crippen molar-refractivity contribution in [2.45, 2.75) is 40.2 Å². The molecule has 0 radical (unpaired) electrons. The zero-order chi connectivity index (χ0) is 18.8. The number of benzene rings is 2. The number of fused-ring (bicyclic) bond motifs is 1. The lowest BCUT2D eigenvalue weighted by Gasteiger charge is -2.06. The largest absolute Gasteiger partial charge is 1.00 e. The molecule has 148 valence electrons. The molecule has 3 aromatic rings. The number of rotatable bonds is 6. The fraction of sp³-hybridized carbons (Fsp3) is 0.348. The van der Waals surface area contributed by atoms with Gasteiger partial charge >= 0.3 is 0 Å². The third-order valence-corrected chi connectivity index (χ3v) is 5.14. The van der Waals surface area contributed by atoms with Crippen LogP contribution in [0.15, 0.2) is 48.5 Å². The zero-order valence-electron chi connectivity index (χ0n) is 16.7. The molecular formula is C23H27BrN2O2. The highest BCUT2D eigenvalue weighted by molar-refractivity contribution is 5.61. The van der Waals surface area contributed by atoms with Crippen LogP contribution in [0.2, 0.25) is 0 Å². The van der Waals surface area contributed by atoms with Crippen molar-refractivity contribution in [3.05, 3.63) is 60.0 Å². The van der Waals surface area contributed by atoms with Gasteiger partial charge in [0.2, 0.25) is 0 Å². The number of aromatic nitrogens is 2. The van der Waals surface area contributed by atoms with E-state index in [1.54, 1.807) is 0 Å². The average molecular weight is 443 g/mol. The van der Waals surface area contributed by atoms with Crippen molar-refractivity contribution >= 4 is 0 Å². The van der Waals surface area contributed by atoms with Crippen molar-refractivity contribution in [3.63, 3.8) is 0 Å². The van der Waals surface area contributed by atoms with E-state index in [4.69, 9.17) is 9.47 Å². The first-order valence-corrected chi connectivity index (χ1v) is 9.83. The molecule has 0 saturated carbocycles. The third kappa shape index (κ3) is 3.68. The Morgan fingerprint density at radius 1 is 0.893 bits per heavy atom. The van der Waals surface area contributed by atoms with Crippen LogP contribution < -0.4 is 31.0 Å². The van der Waals surface area contributed by atoms with Gasteiger partial charge in [0, 0.05) is 12.5 Å². The van der Waals surface area contributed by atoms with Crippen LogP contribution in [0.1, 0.15) is 31.8 Å². The monoisotopic (exact) mass is 442 g/mol. The number of imidazole rings is 1. The van der Waals surface area contributed by atoms with E-state index in [1.807, 2.05) is 13.8 Å². The van der Waals surface area contributed by atoms with Crippen LogP contribution in [0, 0.1) is 6.92 Å². The molecule has 0 saturated heterocycles. The summed E-state index contributed by atoms with van der Waals surface area (Å²) in [5.74, 6) is 3.22. The SMILES string of the molecule is CCOc1ccc(-c2c(C)n(-c3ccc(OCC)cc3)c3[n+]2CCC3)cc1.[Br-]. The third-order valence-electron chi connectivity index (χ3n) is 5.14. The summed E-state index contributed by atoms with van der Waals surface area (Å²) in [6.07, 6.45) is 2.29. The van der Waals surface area contributed by atoms with Gasteiger partial charge in [0.05, 0.1) is 26.2 Å². The molecule has 0 atom stereocenters. The second kappa shape index (κ2) is 8.82. The van der Waals surface area contributed by atoms with Gasteiger partial charge in [-0.1, -0.05) is 0 Å². The van der Waals surface area contributed by atoms with Crippen molar-refractivity contribution in [3.8, 4) is 28.4 Å². The molecule has 2 aromatic carbocycles. The Labute approximate surface area is 177 Å². The number of ether oxygens (including phenoxy) is 2. The minimum atomic E-state index is 0. The van der Waals surface area contributed by atoms with E-state index < -0.39 is 0 Å². The maximum absolute atomic E-state index is 5.60. The minimum absolute atomic E-state index is 0. The van der Waals surface area contributed by atoms with Gasteiger partial charge in [0.15, 0.2) is 11.4 Å². The summed E-state index contributed by atoms with van der Waals surface area (Å²) < 4.78 is 16.1. The van der Waals surface area contributed by atoms with Gasteiger partial charge in [0.1, 0.15) is 17.2 Å². The molecule has 2 heterocycles. The van der Waals surface area contributed by atoms with Crippen molar-refractivity contribution in [1.29, 1.82) is 0 Å². The highest BCUT2D eigenvalue weighted by Gasteiger charge is 2.33. The van der Waals surface area contributed by atoms with Crippen molar-refractivity contribution < 1.29 is 31.0 Å². The molecule has 1 aromatic heterocycles. The van der Waals surface area contributed by atoms with Crippen molar-refractivity contribution in [2.24, 2.45) is 0 Å². The molecule has 0 unspecified atom stereocenters. The molecule has 4 rings (SSSR count). The summed E-state index contributed by atoms with van der Waals surface area (Å²) in [5, 5.41) is 0. The van der Waals surface area contributed by atoms with Crippen LogP contribution in [0.25, 0.3) is 16.9 Å². The molecule has 0 N–H and O–H groups in total. The Kier molecular flexibility index (Phi) is 6.45. The van der Waals surface area contributed by atoms with Gasteiger partial charge in [-0.05, 0) is 68.8 Å². The first-order valence-electron chi connectivity index (χ1n) is 9.83. The quantitative estimate of drug-likeness (QED) is 0.540. The van der Waals surface area contributed by atoms with Crippen LogP contribution in [-0.2, 0) is 13.0 Å². The molecule has 1 aliphatic rings. The van der Waals surface area contributed by atoms with E-state index in [9.17, 15) is 0 Å². The number of hydrogen-bond donors (Lipinski definition) is 0. The second-order valence-electron chi connectivity index (χ2n) is 6.83. The van der Waals surface area contributed by atoms with Gasteiger partial charge in [-0.15, -0.1) is 0 Å². The van der Waals surface area contributed by atoms with E-state index in [2.05, 4.69) is 64.6 Å². The molecular weight excluding hydrogens is 416 g/mol. The maximum Gasteiger partial charge on any atom is 0.262 e. The van der Waals surface area contributed by atoms with E-state index >= 15 is 0 Å². The molecule has 0 bridgehead atoms. The van der Waals surface area contributed by atoms with E-state index in [0.29, 0.717) is 13.2 Å². The van der Waals surface area contributed by atoms with Crippen LogP contribution in [-0.4, -0.2) is 17.8 Å². The fourth-order valence-electron chi connectivity index (χ4n) is 4.07. The first-order chi connectivity index (χ1) is 13.2. The number of halogens is 1. The summed E-state index contributed by atoms with van der Waals surface area (Å²) in [5.41, 5.74) is 5.01. The summed E-state index contributed by atoms with van der Waals surface area (Å²) in [6, 6.07) is 16.9. The smallest absolute Gasteiger partial charge is 0.262 e. The van der Waals surface area contributed by atoms with Gasteiger partial charge in [-0.3, -0.25) is 0 Å². The Hall–Kier alpha value is -2.27. The molecule has 0 fully saturated rings. The molecule has 4 nitrogen and oxygen atoms in total. The van der Waals surface area contributed by atoms with E-state index in [-0.39, 0.29) is 17.0 Å². The van der Waals surface area contributed by atoms with Crippen LogP contribution in [0.5, 0.6) is 11.5 Å². The Balaban J connectivity index is 0.00000225. The lowest BCUT2D eigenvalue weighted by atomic mass is 10.1. The summed E-state index contributed by atoms with van der Waals surface area (Å²) >= 11 is 0. The minimum Gasteiger partial charge on any atom is -1.00 e. The summed E-state index contributed by atoms with van der Waals surface area (Å²) in [7, 11) is 0. The molecule has 5 heteroatoms. The maximum atomic E-state index is 5.60. The predicted molar refractivity (Wildman–Crippen MR) is 107 cm³/mol. The normalized spacial score (nSPS) is 12.4. The number of nitrogens with zero attached hydrogens (tertiary/aromatic N) is 2. The highest BCUT2D eigenvalue weighted by atomic mass is 79.9. The van der Waals surface area contributed by atoms with Crippen LogP contribution >= 0.6 is 0 Å². The first kappa shape index (κ1) is 20.5. The van der Waals surface area contributed by atoms with Crippen LogP contribution in [0.4, 0.5) is 0 Å². The molecule has 0 spiro atoms. The number of hydrogen-bond acceptors (Lipinski definition) is 2. The van der Waals surface area contributed by atoms with Gasteiger partial charge in [-0.25, -0.2) is 4.57 Å². The predicted octanol–water partition coefficient (Wildman–Crippen LogP) is 1.49. The summed E-state index contributed by atoms with van der Waals surface area (Å²) in [6.45, 7) is 8.69. The lowest BCUT2D eigenvalue weighted by Crippen LogP contribution is -3.00. The average Bonchev–Trinajstić information content (AvgIpc) is 3.24. The zero-order valence-corrected chi connectivity index (χ0v) is 18.3. The van der Waals surface area contributed by atoms with Crippen molar-refractivity contribution in [2.75, 3.05) is 13.2 Å². The fourth-order valence-corrected chi connectivity index (χ4v) is 4.07. The van der Waals surface area contributed by atoms with E-state index in [1.165, 1.54) is 34.9 Å². The Bertz CT molecular complexity index is 856. The van der Waals surface area contributed by atoms with E-state index in [0.717, 1.165) is 24.5 Å². The van der Waals surface area contributed by atoms with Gasteiger partial charge < -0.3 is 26.5 Å². The second-order valence-corrected chi connectivity index (χ2v) is 6.83. The van der Waals surface area contributed by atoms with Crippen molar-refractivity contribution in [1.82, 2.24) is 4.57 Å². The standard InChI is InChI=1S/C23H27N2O2.BrH/c1-4-26-20-12-8-18(9-13-20)23-17(3)25(22-7-6-16-24(22)23)19-10-14-21(15-11-19)27-5-2;/h8-15H,4-7,16H2,1-3H3;1H/q+1;/p-1. The molecule has 28 heavy (non-hydrogen) atoms. The Morgan fingerprint density at radius 2 is 1.46 bits per heavy atom. The molecule has 0 aliphatic carbocycles. The molecule has 1 aliphatic heterocycles. The lowest BCUT2D eigenvalue weighted by molar-refractivity contribution is -0.679. The highest BCUT2D eigenvalue weighted by Crippen LogP contribution is 2.30. The topological polar surface area (TPSA) is 27.3 Å². The van der Waals surface area contributed by atoms with Crippen LogP contribution in [0.3, 0.4) is 0 Å². The van der Waals surface area contributed by atoms with Gasteiger partial charge in [-0.2, -0.15) is 4.57 Å². The molecule has 0 amide bonds. The van der Waals surface area contributed by atoms with Gasteiger partial charge in [0.25, 0.3) is 5.82 Å². The Morgan fingerprint density at radius 3 is 2.04 bits per heavy atom. The summed E-state index contributed by atoms with van der Waals surface area (Å²) in [4.78, 5) is 0.